The number of nitrogens with one attached hydrogen (secondary N) is 1. The van der Waals surface area contributed by atoms with Crippen molar-refractivity contribution in [3.05, 3.63) is 47.0 Å². The molecule has 9 nitrogen and oxygen atoms in total. The van der Waals surface area contributed by atoms with Crippen LogP contribution in [0.1, 0.15) is 70.3 Å². The van der Waals surface area contributed by atoms with Crippen LogP contribution in [0.2, 0.25) is 0 Å². The number of ketones is 3. The van der Waals surface area contributed by atoms with Gasteiger partial charge in [-0.25, -0.2) is 0 Å². The van der Waals surface area contributed by atoms with Gasteiger partial charge < -0.3 is 30.8 Å². The van der Waals surface area contributed by atoms with Crippen LogP contribution in [0.5, 0.6) is 11.5 Å². The zero-order chi connectivity index (χ0) is 28.5. The van der Waals surface area contributed by atoms with Crippen molar-refractivity contribution in [1.82, 2.24) is 5.32 Å². The van der Waals surface area contributed by atoms with E-state index in [1.54, 1.807) is 13.2 Å². The molecule has 2 aromatic rings. The maximum absolute atomic E-state index is 13.3. The highest BCUT2D eigenvalue weighted by Gasteiger charge is 2.35. The lowest BCUT2D eigenvalue weighted by molar-refractivity contribution is -0.131. The zero-order valence-electron chi connectivity index (χ0n) is 23.7. The number of methoxy groups -OCH3 is 1. The molecule has 0 aromatic heterocycles. The van der Waals surface area contributed by atoms with Crippen LogP contribution in [0.15, 0.2) is 30.3 Å². The minimum Gasteiger partial charge on any atom is -0.507 e. The van der Waals surface area contributed by atoms with E-state index in [1.165, 1.54) is 6.92 Å². The number of hydrogen-bond acceptors (Lipinski definition) is 8. The lowest BCUT2D eigenvalue weighted by Crippen LogP contribution is -2.32. The number of aromatic hydroxyl groups is 1. The first-order valence-electron chi connectivity index (χ1n) is 13.7. The van der Waals surface area contributed by atoms with Crippen LogP contribution in [-0.4, -0.2) is 65.0 Å². The smallest absolute Gasteiger partial charge is 0.167 e. The Balaban J connectivity index is 0.00000560. The van der Waals surface area contributed by atoms with Gasteiger partial charge in [-0.2, -0.15) is 0 Å². The van der Waals surface area contributed by atoms with E-state index < -0.39 is 12.5 Å². The van der Waals surface area contributed by atoms with Gasteiger partial charge in [0.2, 0.25) is 0 Å². The van der Waals surface area contributed by atoms with Gasteiger partial charge in [0.1, 0.15) is 23.1 Å². The lowest BCUT2D eigenvalue weighted by Gasteiger charge is -2.32. The predicted octanol–water partition coefficient (Wildman–Crippen LogP) is 3.53. The van der Waals surface area contributed by atoms with E-state index in [1.807, 2.05) is 24.3 Å². The molecule has 0 heterocycles. The molecule has 0 saturated heterocycles. The highest BCUT2D eigenvalue weighted by Crippen LogP contribution is 2.43. The summed E-state index contributed by atoms with van der Waals surface area (Å²) in [5, 5.41) is 33.8. The highest BCUT2D eigenvalue weighted by atomic mass is 16.5. The number of fused-ring (bicyclic) bond motifs is 1. The second-order valence-corrected chi connectivity index (χ2v) is 10.5. The van der Waals surface area contributed by atoms with Crippen LogP contribution >= 0.6 is 0 Å². The molecule has 3 unspecified atom stereocenters. The van der Waals surface area contributed by atoms with E-state index in [0.717, 1.165) is 35.2 Å². The van der Waals surface area contributed by atoms with E-state index in [9.17, 15) is 29.7 Å². The number of rotatable bonds is 15. The highest BCUT2D eigenvalue weighted by molar-refractivity contribution is 6.03. The van der Waals surface area contributed by atoms with E-state index in [2.05, 4.69) is 12.2 Å². The predicted molar refractivity (Wildman–Crippen MR) is 157 cm³/mol. The Morgan fingerprint density at radius 2 is 1.90 bits per heavy atom. The van der Waals surface area contributed by atoms with Crippen molar-refractivity contribution in [2.45, 2.75) is 58.9 Å². The molecule has 3 atom stereocenters. The van der Waals surface area contributed by atoms with Crippen LogP contribution in [0, 0.1) is 17.8 Å². The standard InChI is InChI=1S/C31H41NO7.H2O.2H2/c1-4-10-32-17-20-5-8-30(39-3)24(14-20)23-6-7-27(36)31-25(23)15-21(16-29(31)38)13-22(9-11-33)26(18-34)28(37)12-19(2)35;;;/h5-8,14,21-22,26,32-34,36H,4,9-13,15-18H2,1-3H3;1H2;2*1H. The summed E-state index contributed by atoms with van der Waals surface area (Å²) in [4.78, 5) is 37.6. The maximum atomic E-state index is 13.3. The normalized spacial score (nSPS) is 16.0. The van der Waals surface area contributed by atoms with Gasteiger partial charge in [0.25, 0.3) is 0 Å². The van der Waals surface area contributed by atoms with Gasteiger partial charge in [-0.3, -0.25) is 14.4 Å². The van der Waals surface area contributed by atoms with Crippen LogP contribution in [0.4, 0.5) is 0 Å². The number of ether oxygens (including phenoxy) is 1. The molecule has 0 aliphatic heterocycles. The summed E-state index contributed by atoms with van der Waals surface area (Å²) in [6.45, 7) is 4.43. The molecular weight excluding hydrogens is 514 g/mol. The Kier molecular flexibility index (Phi) is 12.9. The number of carbonyl (C=O) groups is 3. The van der Waals surface area contributed by atoms with Crippen LogP contribution in [0.3, 0.4) is 0 Å². The molecule has 3 rings (SSSR count). The molecule has 0 radical (unpaired) electrons. The van der Waals surface area contributed by atoms with Gasteiger partial charge in [0.05, 0.1) is 25.7 Å². The van der Waals surface area contributed by atoms with Gasteiger partial charge in [0, 0.05) is 33.9 Å². The Bertz CT molecular complexity index is 1190. The van der Waals surface area contributed by atoms with E-state index in [0.29, 0.717) is 30.7 Å². The number of carbonyl (C=O) groups excluding carboxylic acids is 3. The largest absolute Gasteiger partial charge is 0.507 e. The molecule has 0 amide bonds. The first-order chi connectivity index (χ1) is 18.7. The SMILES string of the molecule is CCCNCc1ccc(OC)c(-c2ccc(O)c3c2CC(CC(CCO)C(CO)C(=O)CC(C)=O)CC3=O)c1.O.[HH].[HH]. The van der Waals surface area contributed by atoms with Gasteiger partial charge in [0.15, 0.2) is 5.78 Å². The average Bonchev–Trinajstić information content (AvgIpc) is 2.89. The van der Waals surface area contributed by atoms with Crippen molar-refractivity contribution < 1.29 is 42.8 Å². The van der Waals surface area contributed by atoms with E-state index in [-0.39, 0.29) is 69.1 Å². The average molecular weight is 562 g/mol. The van der Waals surface area contributed by atoms with Gasteiger partial charge >= 0.3 is 0 Å². The molecule has 0 bridgehead atoms. The summed E-state index contributed by atoms with van der Waals surface area (Å²) in [7, 11) is 1.60. The minimum absolute atomic E-state index is 0. The number of aliphatic hydroxyl groups is 2. The minimum atomic E-state index is -0.784. The van der Waals surface area contributed by atoms with Crippen LogP contribution in [0.25, 0.3) is 11.1 Å². The maximum Gasteiger partial charge on any atom is 0.167 e. The third-order valence-electron chi connectivity index (χ3n) is 7.59. The molecule has 1 aliphatic carbocycles. The van der Waals surface area contributed by atoms with Gasteiger partial charge in [-0.1, -0.05) is 19.1 Å². The fraction of sp³-hybridized carbons (Fsp3) is 0.516. The van der Waals surface area contributed by atoms with Crippen molar-refractivity contribution in [2.24, 2.45) is 17.8 Å². The number of phenolic OH excluding ortho intramolecular Hbond substituents is 1. The summed E-state index contributed by atoms with van der Waals surface area (Å²) in [5.41, 5.74) is 3.74. The van der Waals surface area contributed by atoms with E-state index in [4.69, 9.17) is 4.74 Å². The number of phenols is 1. The summed E-state index contributed by atoms with van der Waals surface area (Å²) in [5.74, 6) is -1.53. The number of hydrogen-bond donors (Lipinski definition) is 4. The number of benzene rings is 2. The Labute approximate surface area is 238 Å². The summed E-state index contributed by atoms with van der Waals surface area (Å²) < 4.78 is 5.67. The molecule has 0 spiro atoms. The molecule has 6 N–H and O–H groups in total. The topological polar surface area (TPSA) is 165 Å². The van der Waals surface area contributed by atoms with E-state index >= 15 is 0 Å². The van der Waals surface area contributed by atoms with Crippen molar-refractivity contribution >= 4 is 17.3 Å². The molecule has 9 heteroatoms. The zero-order valence-corrected chi connectivity index (χ0v) is 23.7. The third-order valence-corrected chi connectivity index (χ3v) is 7.59. The first-order valence-corrected chi connectivity index (χ1v) is 13.7. The van der Waals surface area contributed by atoms with Crippen LogP contribution < -0.4 is 10.1 Å². The fourth-order valence-corrected chi connectivity index (χ4v) is 5.76. The second kappa shape index (κ2) is 15.6. The molecule has 1 aliphatic rings. The van der Waals surface area contributed by atoms with Gasteiger partial charge in [-0.05, 0) is 85.9 Å². The van der Waals surface area contributed by atoms with Crippen molar-refractivity contribution in [1.29, 1.82) is 0 Å². The lowest BCUT2D eigenvalue weighted by atomic mass is 9.72. The summed E-state index contributed by atoms with van der Waals surface area (Å²) >= 11 is 0. The van der Waals surface area contributed by atoms with Gasteiger partial charge in [-0.15, -0.1) is 0 Å². The number of aliphatic hydroxyl groups excluding tert-OH is 2. The first kappa shape index (κ1) is 33.1. The molecular formula is C31H47NO8. The Hall–Kier alpha value is -3.11. The fourth-order valence-electron chi connectivity index (χ4n) is 5.76. The number of Topliss-reactive ketones (excluding diaryl/α,β-unsaturated/α-hetero) is 3. The van der Waals surface area contributed by atoms with Crippen LogP contribution in [-0.2, 0) is 22.6 Å². The molecule has 224 valence electrons. The molecule has 2 aromatic carbocycles. The molecule has 40 heavy (non-hydrogen) atoms. The monoisotopic (exact) mass is 561 g/mol. The summed E-state index contributed by atoms with van der Waals surface area (Å²) in [6, 6.07) is 9.30. The van der Waals surface area contributed by atoms with Crippen molar-refractivity contribution in [2.75, 3.05) is 26.9 Å². The quantitative estimate of drug-likeness (QED) is 0.189. The molecule has 0 saturated carbocycles. The Morgan fingerprint density at radius 1 is 1.15 bits per heavy atom. The Morgan fingerprint density at radius 3 is 2.52 bits per heavy atom. The third kappa shape index (κ3) is 7.97. The summed E-state index contributed by atoms with van der Waals surface area (Å²) in [6.07, 6.45) is 2.12. The van der Waals surface area contributed by atoms with Crippen molar-refractivity contribution in [3.63, 3.8) is 0 Å². The second-order valence-electron chi connectivity index (χ2n) is 10.5. The van der Waals surface area contributed by atoms with Crippen molar-refractivity contribution in [3.8, 4) is 22.6 Å². The molecule has 0 fully saturated rings.